The molecule has 5 N–H and O–H groups in total. The molecular formula is C24H42N6O3. The number of carboxylic acid groups (broad SMARTS) is 1. The zero-order valence-corrected chi connectivity index (χ0v) is 20.1. The third kappa shape index (κ3) is 9.46. The molecule has 0 spiro atoms. The Labute approximate surface area is 198 Å². The van der Waals surface area contributed by atoms with E-state index in [-0.39, 0.29) is 6.04 Å². The number of pyridine rings is 1. The Morgan fingerprint density at radius 1 is 1.00 bits per heavy atom. The number of likely N-dealkylation sites (N-methyl/N-ethyl adjacent to an activating group) is 1. The summed E-state index contributed by atoms with van der Waals surface area (Å²) in [5.41, 5.74) is 13.0. The van der Waals surface area contributed by atoms with Crippen molar-refractivity contribution in [1.29, 1.82) is 0 Å². The number of hydrogen-bond donors (Lipinski definition) is 3. The molecule has 0 saturated heterocycles. The van der Waals surface area contributed by atoms with E-state index < -0.39 is 12.0 Å². The molecular weight excluding hydrogens is 420 g/mol. The van der Waals surface area contributed by atoms with Crippen LogP contribution in [0.25, 0.3) is 0 Å². The number of nitrogens with two attached hydrogens (primary N) is 2. The number of nitrogens with zero attached hydrogens (tertiary/aromatic N) is 4. The van der Waals surface area contributed by atoms with Crippen molar-refractivity contribution in [1.82, 2.24) is 19.7 Å². The van der Waals surface area contributed by atoms with E-state index in [1.165, 1.54) is 0 Å². The molecule has 0 radical (unpaired) electrons. The van der Waals surface area contributed by atoms with Gasteiger partial charge in [0, 0.05) is 39.3 Å². The molecule has 33 heavy (non-hydrogen) atoms. The van der Waals surface area contributed by atoms with Crippen molar-refractivity contribution >= 4 is 12.3 Å². The largest absolute Gasteiger partial charge is 0.480 e. The van der Waals surface area contributed by atoms with E-state index >= 15 is 0 Å². The second-order valence-corrected chi connectivity index (χ2v) is 8.99. The summed E-state index contributed by atoms with van der Waals surface area (Å²) in [5, 5.41) is 9.91. The number of aldehydes is 1. The second-order valence-electron chi connectivity index (χ2n) is 8.99. The van der Waals surface area contributed by atoms with Crippen molar-refractivity contribution in [3.05, 3.63) is 29.6 Å². The maximum atomic E-state index is 12.1. The standard InChI is InChI=1S/C24H42N6O3/c1-28-13-15-29(22(19-31)9-2-4-11-25)17-20-7-6-8-21(27-20)18-30(16-14-28)23(24(32)33)10-3-5-12-26/h6-8,19,22-23H,2-5,9-18,25-26H2,1H3,(H,32,33). The van der Waals surface area contributed by atoms with Crippen LogP contribution in [0.3, 0.4) is 0 Å². The van der Waals surface area contributed by atoms with Crippen molar-refractivity contribution in [2.24, 2.45) is 11.5 Å². The van der Waals surface area contributed by atoms with Gasteiger partial charge >= 0.3 is 5.97 Å². The van der Waals surface area contributed by atoms with Crippen LogP contribution in [-0.4, -0.2) is 95.4 Å². The van der Waals surface area contributed by atoms with Crippen LogP contribution in [0, 0.1) is 0 Å². The van der Waals surface area contributed by atoms with Gasteiger partial charge in [-0.2, -0.15) is 0 Å². The summed E-state index contributed by atoms with van der Waals surface area (Å²) >= 11 is 0. The summed E-state index contributed by atoms with van der Waals surface area (Å²) in [6.07, 6.45) is 5.87. The van der Waals surface area contributed by atoms with Crippen LogP contribution in [-0.2, 0) is 22.7 Å². The van der Waals surface area contributed by atoms with E-state index in [4.69, 9.17) is 16.5 Å². The number of fused-ring (bicyclic) bond motifs is 2. The number of unbranched alkanes of at least 4 members (excludes halogenated alkanes) is 2. The lowest BCUT2D eigenvalue weighted by Crippen LogP contribution is -2.46. The van der Waals surface area contributed by atoms with Gasteiger partial charge in [-0.1, -0.05) is 18.9 Å². The van der Waals surface area contributed by atoms with Crippen LogP contribution in [0.15, 0.2) is 18.2 Å². The maximum absolute atomic E-state index is 12.1. The minimum Gasteiger partial charge on any atom is -0.480 e. The Hall–Kier alpha value is -1.91. The van der Waals surface area contributed by atoms with E-state index in [9.17, 15) is 14.7 Å². The lowest BCUT2D eigenvalue weighted by atomic mass is 10.1. The van der Waals surface area contributed by atoms with Gasteiger partial charge in [0.2, 0.25) is 0 Å². The Kier molecular flexibility index (Phi) is 12.5. The van der Waals surface area contributed by atoms with Gasteiger partial charge in [0.15, 0.2) is 0 Å². The van der Waals surface area contributed by atoms with Gasteiger partial charge in [-0.15, -0.1) is 0 Å². The highest BCUT2D eigenvalue weighted by atomic mass is 16.4. The molecule has 1 aromatic heterocycles. The van der Waals surface area contributed by atoms with E-state index in [1.54, 1.807) is 0 Å². The summed E-state index contributed by atoms with van der Waals surface area (Å²) < 4.78 is 0. The average molecular weight is 463 g/mol. The normalized spacial score (nSPS) is 18.8. The van der Waals surface area contributed by atoms with Gasteiger partial charge in [-0.05, 0) is 58.0 Å². The summed E-state index contributed by atoms with van der Waals surface area (Å²) in [6.45, 7) is 5.19. The fourth-order valence-electron chi connectivity index (χ4n) is 4.32. The number of carbonyl (C=O) groups is 2. The zero-order chi connectivity index (χ0) is 24.1. The minimum atomic E-state index is -0.796. The predicted octanol–water partition coefficient (Wildman–Crippen LogP) is 0.910. The molecule has 0 amide bonds. The second kappa shape index (κ2) is 15.1. The molecule has 1 aliphatic heterocycles. The van der Waals surface area contributed by atoms with Crippen molar-refractivity contribution in [2.75, 3.05) is 46.3 Å². The molecule has 9 heteroatoms. The average Bonchev–Trinajstić information content (AvgIpc) is 2.80. The highest BCUT2D eigenvalue weighted by Gasteiger charge is 2.27. The molecule has 2 rings (SSSR count). The van der Waals surface area contributed by atoms with Crippen LogP contribution >= 0.6 is 0 Å². The molecule has 2 unspecified atom stereocenters. The lowest BCUT2D eigenvalue weighted by molar-refractivity contribution is -0.144. The minimum absolute atomic E-state index is 0.159. The van der Waals surface area contributed by atoms with Gasteiger partial charge in [0.05, 0.1) is 17.4 Å². The van der Waals surface area contributed by atoms with Crippen molar-refractivity contribution < 1.29 is 14.7 Å². The Morgan fingerprint density at radius 3 is 2.15 bits per heavy atom. The van der Waals surface area contributed by atoms with Crippen LogP contribution < -0.4 is 11.5 Å². The van der Waals surface area contributed by atoms with Gasteiger partial charge in [0.25, 0.3) is 0 Å². The predicted molar refractivity (Wildman–Crippen MR) is 130 cm³/mol. The highest BCUT2D eigenvalue weighted by Crippen LogP contribution is 2.16. The number of carboxylic acids is 1. The monoisotopic (exact) mass is 462 g/mol. The molecule has 2 atom stereocenters. The lowest BCUT2D eigenvalue weighted by Gasteiger charge is -2.33. The summed E-state index contributed by atoms with van der Waals surface area (Å²) in [4.78, 5) is 35.3. The molecule has 2 heterocycles. The SMILES string of the molecule is CN1CCN(C(C=O)CCCCN)Cc2cccc(n2)CN(C(CCCCN)C(=O)O)CC1. The third-order valence-corrected chi connectivity index (χ3v) is 6.37. The summed E-state index contributed by atoms with van der Waals surface area (Å²) in [7, 11) is 2.05. The summed E-state index contributed by atoms with van der Waals surface area (Å²) in [5.74, 6) is -0.796. The van der Waals surface area contributed by atoms with Crippen molar-refractivity contribution in [3.8, 4) is 0 Å². The molecule has 9 nitrogen and oxygen atoms in total. The first-order valence-electron chi connectivity index (χ1n) is 12.2. The molecule has 1 aliphatic rings. The van der Waals surface area contributed by atoms with Crippen molar-refractivity contribution in [3.63, 3.8) is 0 Å². The van der Waals surface area contributed by atoms with Gasteiger partial charge in [-0.3, -0.25) is 19.6 Å². The molecule has 0 aromatic carbocycles. The molecule has 1 aromatic rings. The van der Waals surface area contributed by atoms with E-state index in [0.29, 0.717) is 39.1 Å². The number of aromatic nitrogens is 1. The third-order valence-electron chi connectivity index (χ3n) is 6.37. The van der Waals surface area contributed by atoms with E-state index in [2.05, 4.69) is 9.80 Å². The first-order chi connectivity index (χ1) is 16.0. The van der Waals surface area contributed by atoms with Crippen LogP contribution in [0.2, 0.25) is 0 Å². The Balaban J connectivity index is 2.23. The first kappa shape index (κ1) is 27.3. The molecule has 2 bridgehead atoms. The smallest absolute Gasteiger partial charge is 0.320 e. The Bertz CT molecular complexity index is 719. The number of aliphatic carboxylic acids is 1. The molecule has 0 saturated carbocycles. The fourth-order valence-corrected chi connectivity index (χ4v) is 4.32. The molecule has 0 fully saturated rings. The van der Waals surface area contributed by atoms with Crippen LogP contribution in [0.4, 0.5) is 0 Å². The maximum Gasteiger partial charge on any atom is 0.320 e. The quantitative estimate of drug-likeness (QED) is 0.306. The number of rotatable bonds is 12. The fraction of sp³-hybridized carbons (Fsp3) is 0.708. The number of carbonyl (C=O) groups excluding carboxylic acids is 1. The van der Waals surface area contributed by atoms with Gasteiger partial charge < -0.3 is 26.3 Å². The number of hydrogen-bond acceptors (Lipinski definition) is 8. The topological polar surface area (TPSA) is 129 Å². The zero-order valence-electron chi connectivity index (χ0n) is 20.1. The molecule has 186 valence electrons. The first-order valence-corrected chi connectivity index (χ1v) is 12.2. The van der Waals surface area contributed by atoms with E-state index in [1.807, 2.05) is 30.1 Å². The Morgan fingerprint density at radius 2 is 1.58 bits per heavy atom. The van der Waals surface area contributed by atoms with Gasteiger partial charge in [-0.25, -0.2) is 0 Å². The van der Waals surface area contributed by atoms with Gasteiger partial charge in [0.1, 0.15) is 12.3 Å². The summed E-state index contributed by atoms with van der Waals surface area (Å²) in [6, 6.07) is 5.19. The van der Waals surface area contributed by atoms with Crippen LogP contribution in [0.5, 0.6) is 0 Å². The van der Waals surface area contributed by atoms with E-state index in [0.717, 1.165) is 69.4 Å². The highest BCUT2D eigenvalue weighted by molar-refractivity contribution is 5.73. The van der Waals surface area contributed by atoms with Crippen LogP contribution in [0.1, 0.15) is 49.9 Å². The van der Waals surface area contributed by atoms with Crippen molar-refractivity contribution in [2.45, 2.75) is 63.7 Å². The molecule has 0 aliphatic carbocycles.